The summed E-state index contributed by atoms with van der Waals surface area (Å²) in [4.78, 5) is 63.7. The van der Waals surface area contributed by atoms with Gasteiger partial charge in [-0.1, -0.05) is 23.5 Å². The molecule has 1 amide bonds. The molecule has 0 radical (unpaired) electrons. The van der Waals surface area contributed by atoms with E-state index in [1.165, 1.54) is 26.9 Å². The molecule has 0 saturated heterocycles. The maximum Gasteiger partial charge on any atom is 0.339 e. The zero-order valence-electron chi connectivity index (χ0n) is 19.2. The summed E-state index contributed by atoms with van der Waals surface area (Å²) in [6.07, 6.45) is 1.83. The molecule has 1 aliphatic rings. The minimum absolute atomic E-state index is 0.00353. The molecule has 0 spiro atoms. The maximum absolute atomic E-state index is 13.1. The third-order valence-corrected chi connectivity index (χ3v) is 7.02. The quantitative estimate of drug-likeness (QED) is 0.392. The Bertz CT molecular complexity index is 1550. The van der Waals surface area contributed by atoms with Crippen molar-refractivity contribution in [2.75, 3.05) is 18.1 Å². The highest BCUT2D eigenvalue weighted by Crippen LogP contribution is 2.40. The van der Waals surface area contributed by atoms with E-state index >= 15 is 0 Å². The van der Waals surface area contributed by atoms with Crippen molar-refractivity contribution in [3.63, 3.8) is 0 Å². The number of hydrogen-bond donors (Lipinski definition) is 1. The Balaban J connectivity index is 1.44. The average molecular weight is 494 g/mol. The van der Waals surface area contributed by atoms with Gasteiger partial charge in [-0.2, -0.15) is 0 Å². The fourth-order valence-corrected chi connectivity index (χ4v) is 5.06. The van der Waals surface area contributed by atoms with Crippen LogP contribution >= 0.6 is 11.3 Å². The largest absolute Gasteiger partial charge is 0.452 e. The molecule has 1 saturated carbocycles. The second kappa shape index (κ2) is 9.06. The highest BCUT2D eigenvalue weighted by atomic mass is 32.1. The number of likely N-dealkylation sites (N-methyl/N-ethyl adjacent to an activating group) is 1. The molecule has 1 fully saturated rings. The molecular formula is C24H23N5O5S. The van der Waals surface area contributed by atoms with Gasteiger partial charge in [-0.3, -0.25) is 24.0 Å². The number of rotatable bonds is 7. The molecule has 0 aliphatic heterocycles. The Morgan fingerprint density at radius 3 is 2.66 bits per heavy atom. The third kappa shape index (κ3) is 4.23. The summed E-state index contributed by atoms with van der Waals surface area (Å²) in [7, 11) is 0. The summed E-state index contributed by atoms with van der Waals surface area (Å²) in [5.74, 6) is -1.08. The normalized spacial score (nSPS) is 13.3. The van der Waals surface area contributed by atoms with Gasteiger partial charge in [-0.05, 0) is 44.9 Å². The number of aromatic nitrogens is 4. The van der Waals surface area contributed by atoms with E-state index in [4.69, 9.17) is 4.74 Å². The highest BCUT2D eigenvalue weighted by molar-refractivity contribution is 7.22. The zero-order chi connectivity index (χ0) is 24.7. The van der Waals surface area contributed by atoms with E-state index in [0.717, 1.165) is 23.1 Å². The standard InChI is InChI=1S/C24H23N5O5S/c1-3-28(24-26-15-7-5-6-8-17(15)35-24)18(30)12-34-22(32)14-11-16(13-9-10-13)25-20-19(14)21(31)27-23(33)29(20)4-2/h5-8,11,13H,3-4,9-10,12H2,1-2H3,(H,27,31,33). The molecule has 0 atom stereocenters. The summed E-state index contributed by atoms with van der Waals surface area (Å²) in [6, 6.07) is 9.11. The van der Waals surface area contributed by atoms with Crippen LogP contribution in [-0.4, -0.2) is 44.5 Å². The van der Waals surface area contributed by atoms with Gasteiger partial charge in [0.15, 0.2) is 17.4 Å². The zero-order valence-corrected chi connectivity index (χ0v) is 20.1. The molecule has 180 valence electrons. The Hall–Kier alpha value is -3.86. The Morgan fingerprint density at radius 1 is 1.20 bits per heavy atom. The number of amides is 1. The molecular weight excluding hydrogens is 470 g/mol. The van der Waals surface area contributed by atoms with Gasteiger partial charge in [0.05, 0.1) is 21.2 Å². The number of nitrogens with one attached hydrogen (secondary N) is 1. The van der Waals surface area contributed by atoms with E-state index in [2.05, 4.69) is 15.0 Å². The van der Waals surface area contributed by atoms with Crippen LogP contribution in [0.25, 0.3) is 21.3 Å². The number of esters is 1. The molecule has 35 heavy (non-hydrogen) atoms. The number of anilines is 1. The van der Waals surface area contributed by atoms with Gasteiger partial charge in [0.25, 0.3) is 11.5 Å². The molecule has 0 unspecified atom stereocenters. The molecule has 1 aliphatic carbocycles. The summed E-state index contributed by atoms with van der Waals surface area (Å²) >= 11 is 1.38. The number of benzene rings is 1. The lowest BCUT2D eigenvalue weighted by molar-refractivity contribution is -0.121. The molecule has 3 heterocycles. The van der Waals surface area contributed by atoms with Crippen molar-refractivity contribution in [1.82, 2.24) is 19.5 Å². The van der Waals surface area contributed by atoms with Crippen molar-refractivity contribution >= 4 is 49.6 Å². The smallest absolute Gasteiger partial charge is 0.339 e. The van der Waals surface area contributed by atoms with Crippen molar-refractivity contribution in [1.29, 1.82) is 0 Å². The van der Waals surface area contributed by atoms with Gasteiger partial charge >= 0.3 is 11.7 Å². The van der Waals surface area contributed by atoms with Crippen LogP contribution in [0.2, 0.25) is 0 Å². The van der Waals surface area contributed by atoms with E-state index in [1.54, 1.807) is 6.92 Å². The number of ether oxygens (including phenoxy) is 1. The predicted octanol–water partition coefficient (Wildman–Crippen LogP) is 2.80. The van der Waals surface area contributed by atoms with Crippen molar-refractivity contribution in [2.24, 2.45) is 0 Å². The lowest BCUT2D eigenvalue weighted by atomic mass is 10.1. The summed E-state index contributed by atoms with van der Waals surface area (Å²) in [6.45, 7) is 3.67. The van der Waals surface area contributed by atoms with Gasteiger partial charge in [0.1, 0.15) is 0 Å². The first kappa shape index (κ1) is 22.9. The second-order valence-electron chi connectivity index (χ2n) is 8.25. The molecule has 1 aromatic carbocycles. The van der Waals surface area contributed by atoms with Gasteiger partial charge in [-0.15, -0.1) is 0 Å². The van der Waals surface area contributed by atoms with E-state index in [-0.39, 0.29) is 29.1 Å². The Kier molecular flexibility index (Phi) is 5.93. The monoisotopic (exact) mass is 493 g/mol. The summed E-state index contributed by atoms with van der Waals surface area (Å²) < 4.78 is 7.63. The van der Waals surface area contributed by atoms with Crippen LogP contribution in [-0.2, 0) is 16.1 Å². The van der Waals surface area contributed by atoms with Crippen LogP contribution in [0.5, 0.6) is 0 Å². The van der Waals surface area contributed by atoms with Crippen LogP contribution in [0.4, 0.5) is 5.13 Å². The number of nitrogens with zero attached hydrogens (tertiary/aromatic N) is 4. The lowest BCUT2D eigenvalue weighted by Gasteiger charge is -2.17. The lowest BCUT2D eigenvalue weighted by Crippen LogP contribution is -2.35. The number of aromatic amines is 1. The minimum atomic E-state index is -0.820. The number of hydrogen-bond acceptors (Lipinski definition) is 8. The van der Waals surface area contributed by atoms with E-state index < -0.39 is 29.7 Å². The number of thiazole rings is 1. The van der Waals surface area contributed by atoms with Crippen molar-refractivity contribution in [2.45, 2.75) is 39.2 Å². The fourth-order valence-electron chi connectivity index (χ4n) is 4.01. The first-order chi connectivity index (χ1) is 16.9. The van der Waals surface area contributed by atoms with Gasteiger partial charge in [-0.25, -0.2) is 19.6 Å². The van der Waals surface area contributed by atoms with E-state index in [0.29, 0.717) is 17.4 Å². The van der Waals surface area contributed by atoms with E-state index in [1.807, 2.05) is 31.2 Å². The SMILES string of the molecule is CCN(C(=O)COC(=O)c1cc(C2CC2)nc2c1c(=O)[nH]c(=O)n2CC)c1nc2ccccc2s1. The number of fused-ring (bicyclic) bond motifs is 2. The van der Waals surface area contributed by atoms with Crippen LogP contribution in [0.3, 0.4) is 0 Å². The molecule has 1 N–H and O–H groups in total. The number of para-hydroxylation sites is 1. The Morgan fingerprint density at radius 2 is 1.97 bits per heavy atom. The first-order valence-corrected chi connectivity index (χ1v) is 12.2. The molecule has 5 rings (SSSR count). The van der Waals surface area contributed by atoms with Gasteiger partial charge in [0.2, 0.25) is 0 Å². The number of aryl methyl sites for hydroxylation is 1. The molecule has 3 aromatic heterocycles. The minimum Gasteiger partial charge on any atom is -0.452 e. The van der Waals surface area contributed by atoms with Crippen molar-refractivity contribution < 1.29 is 14.3 Å². The maximum atomic E-state index is 13.1. The topological polar surface area (TPSA) is 127 Å². The Labute approximate surface area is 203 Å². The molecule has 11 heteroatoms. The van der Waals surface area contributed by atoms with Crippen molar-refractivity contribution in [3.8, 4) is 0 Å². The average Bonchev–Trinajstić information content (AvgIpc) is 3.61. The predicted molar refractivity (Wildman–Crippen MR) is 132 cm³/mol. The van der Waals surface area contributed by atoms with E-state index in [9.17, 15) is 19.2 Å². The molecule has 4 aromatic rings. The van der Waals surface area contributed by atoms with Crippen molar-refractivity contribution in [3.05, 3.63) is 62.4 Å². The molecule has 0 bridgehead atoms. The summed E-state index contributed by atoms with van der Waals surface area (Å²) in [5.41, 5.74) is 0.257. The van der Waals surface area contributed by atoms with Crippen LogP contribution in [0.1, 0.15) is 48.7 Å². The number of carbonyl (C=O) groups excluding carboxylic acids is 2. The first-order valence-electron chi connectivity index (χ1n) is 11.4. The number of carbonyl (C=O) groups is 2. The van der Waals surface area contributed by atoms with Gasteiger partial charge in [0, 0.05) is 24.7 Å². The number of H-pyrrole nitrogens is 1. The second-order valence-corrected chi connectivity index (χ2v) is 9.26. The van der Waals surface area contributed by atoms with Crippen LogP contribution in [0, 0.1) is 0 Å². The fraction of sp³-hybridized carbons (Fsp3) is 0.333. The number of pyridine rings is 1. The third-order valence-electron chi connectivity index (χ3n) is 5.96. The van der Waals surface area contributed by atoms with Crippen LogP contribution < -0.4 is 16.1 Å². The highest BCUT2D eigenvalue weighted by Gasteiger charge is 2.29. The van der Waals surface area contributed by atoms with Crippen LogP contribution in [0.15, 0.2) is 39.9 Å². The summed E-state index contributed by atoms with van der Waals surface area (Å²) in [5, 5.41) is 0.496. The van der Waals surface area contributed by atoms with Gasteiger partial charge < -0.3 is 4.74 Å². The molecule has 10 nitrogen and oxygen atoms in total.